The van der Waals surface area contributed by atoms with Gasteiger partial charge >= 0.3 is 0 Å². The maximum absolute atomic E-state index is 5.34. The van der Waals surface area contributed by atoms with Gasteiger partial charge in [-0.05, 0) is 0 Å². The monoisotopic (exact) mass is 168 g/mol. The summed E-state index contributed by atoms with van der Waals surface area (Å²) in [5.74, 6) is 0.840. The van der Waals surface area contributed by atoms with Crippen LogP contribution in [-0.2, 0) is 4.74 Å². The smallest absolute Gasteiger partial charge is 0.248 e. The van der Waals surface area contributed by atoms with Gasteiger partial charge in [-0.25, -0.2) is 0 Å². The zero-order valence-electron chi connectivity index (χ0n) is 6.60. The first kappa shape index (κ1) is 7.35. The zero-order valence-corrected chi connectivity index (χ0v) is 6.60. The Morgan fingerprint density at radius 2 is 2.08 bits per heavy atom. The lowest BCUT2D eigenvalue weighted by atomic mass is 10.4. The quantitative estimate of drug-likeness (QED) is 0.479. The summed E-state index contributed by atoms with van der Waals surface area (Å²) in [4.78, 5) is 5.97. The largest absolute Gasteiger partial charge is 0.378 e. The first-order valence-corrected chi connectivity index (χ1v) is 3.82. The van der Waals surface area contributed by atoms with Gasteiger partial charge in [-0.15, -0.1) is 10.5 Å². The Bertz CT molecular complexity index is 230. The molecule has 1 fully saturated rings. The van der Waals surface area contributed by atoms with Crippen LogP contribution < -0.4 is 11.2 Å². The van der Waals surface area contributed by atoms with Gasteiger partial charge in [0.15, 0.2) is 0 Å². The molecule has 12 heavy (non-hydrogen) atoms. The molecule has 6 nitrogen and oxygen atoms in total. The number of nitrogens with zero attached hydrogens (tertiary/aromatic N) is 4. The van der Waals surface area contributed by atoms with E-state index in [-0.39, 0.29) is 5.96 Å². The van der Waals surface area contributed by atoms with Gasteiger partial charge in [-0.3, -0.25) is 0 Å². The highest BCUT2D eigenvalue weighted by Crippen LogP contribution is 2.02. The van der Waals surface area contributed by atoms with Gasteiger partial charge < -0.3 is 15.4 Å². The molecule has 2 aliphatic heterocycles. The number of hydrogen-bond acceptors (Lipinski definition) is 5. The van der Waals surface area contributed by atoms with Crippen molar-refractivity contribution in [2.45, 2.75) is 0 Å². The summed E-state index contributed by atoms with van der Waals surface area (Å²) < 4.78 is 5.18. The standard InChI is InChI=1S/C6H10N5O/c7-5-8-6(10-9-5)11-1-3-12-4-2-11/h1-4H2,(H2,7,8,10). The van der Waals surface area contributed by atoms with Gasteiger partial charge in [0, 0.05) is 13.1 Å². The molecule has 1 saturated heterocycles. The van der Waals surface area contributed by atoms with Crippen LogP contribution in [-0.4, -0.2) is 43.1 Å². The molecule has 2 rings (SSSR count). The van der Waals surface area contributed by atoms with Crippen molar-refractivity contribution in [1.82, 2.24) is 10.3 Å². The molecule has 0 atom stereocenters. The summed E-state index contributed by atoms with van der Waals surface area (Å²) in [6.07, 6.45) is 0. The van der Waals surface area contributed by atoms with Gasteiger partial charge in [0.25, 0.3) is 0 Å². The third-order valence-electron chi connectivity index (χ3n) is 1.75. The Kier molecular flexibility index (Phi) is 1.83. The molecule has 0 bridgehead atoms. The fourth-order valence-electron chi connectivity index (χ4n) is 1.14. The second-order valence-electron chi connectivity index (χ2n) is 2.57. The molecule has 0 aliphatic carbocycles. The molecule has 0 saturated carbocycles. The molecule has 6 heteroatoms. The van der Waals surface area contributed by atoms with Gasteiger partial charge in [0.2, 0.25) is 11.9 Å². The summed E-state index contributed by atoms with van der Waals surface area (Å²) >= 11 is 0. The number of morpholine rings is 1. The maximum Gasteiger partial charge on any atom is 0.248 e. The minimum Gasteiger partial charge on any atom is -0.378 e. The van der Waals surface area contributed by atoms with E-state index < -0.39 is 0 Å². The van der Waals surface area contributed by atoms with Gasteiger partial charge in [0.05, 0.1) is 13.2 Å². The molecule has 0 spiro atoms. The van der Waals surface area contributed by atoms with E-state index >= 15 is 0 Å². The van der Waals surface area contributed by atoms with E-state index in [9.17, 15) is 0 Å². The van der Waals surface area contributed by atoms with Gasteiger partial charge in [-0.1, -0.05) is 0 Å². The van der Waals surface area contributed by atoms with Crippen molar-refractivity contribution in [3.63, 3.8) is 0 Å². The highest BCUT2D eigenvalue weighted by atomic mass is 16.5. The van der Waals surface area contributed by atoms with Crippen LogP contribution >= 0.6 is 0 Å². The van der Waals surface area contributed by atoms with Crippen molar-refractivity contribution in [2.75, 3.05) is 26.3 Å². The van der Waals surface area contributed by atoms with E-state index in [1.165, 1.54) is 0 Å². The number of hydrogen-bond donors (Lipinski definition) is 1. The summed E-state index contributed by atoms with van der Waals surface area (Å²) in [5.41, 5.74) is 8.97. The van der Waals surface area contributed by atoms with Crippen LogP contribution in [0.25, 0.3) is 0 Å². The molecule has 2 aliphatic rings. The first-order chi connectivity index (χ1) is 5.86. The molecule has 0 unspecified atom stereocenters. The second kappa shape index (κ2) is 2.98. The SMILES string of the molecule is NC1=NC(N2CCOCC2)=N[N]1. The molecule has 0 aromatic heterocycles. The highest BCUT2D eigenvalue weighted by molar-refractivity contribution is 5.98. The van der Waals surface area contributed by atoms with E-state index in [1.807, 2.05) is 4.90 Å². The molecule has 2 N–H and O–H groups in total. The molecular formula is C6H10N5O. The van der Waals surface area contributed by atoms with E-state index in [2.05, 4.69) is 15.5 Å². The van der Waals surface area contributed by atoms with Crippen LogP contribution in [0.3, 0.4) is 0 Å². The van der Waals surface area contributed by atoms with Crippen molar-refractivity contribution in [3.05, 3.63) is 0 Å². The summed E-state index contributed by atoms with van der Waals surface area (Å²) in [6.45, 7) is 3.05. The van der Waals surface area contributed by atoms with E-state index in [4.69, 9.17) is 10.5 Å². The van der Waals surface area contributed by atoms with Crippen molar-refractivity contribution in [1.29, 1.82) is 0 Å². The number of guanidine groups is 2. The Hall–Kier alpha value is -1.30. The van der Waals surface area contributed by atoms with Crippen LogP contribution in [0.15, 0.2) is 10.1 Å². The van der Waals surface area contributed by atoms with Crippen molar-refractivity contribution < 1.29 is 4.74 Å². The fourth-order valence-corrected chi connectivity index (χ4v) is 1.14. The maximum atomic E-state index is 5.34. The average molecular weight is 168 g/mol. The van der Waals surface area contributed by atoms with Crippen molar-refractivity contribution in [2.24, 2.45) is 15.8 Å². The number of nitrogens with two attached hydrogens (primary N) is 1. The molecule has 0 aromatic carbocycles. The third kappa shape index (κ3) is 1.33. The summed E-state index contributed by atoms with van der Waals surface area (Å²) in [6, 6.07) is 0. The normalized spacial score (nSPS) is 23.2. The molecule has 0 aromatic rings. The summed E-state index contributed by atoms with van der Waals surface area (Å²) in [5, 5.41) is 3.82. The third-order valence-corrected chi connectivity index (χ3v) is 1.75. The Balaban J connectivity index is 1.99. The van der Waals surface area contributed by atoms with Crippen LogP contribution in [0.4, 0.5) is 0 Å². The Labute approximate surface area is 70.1 Å². The first-order valence-electron chi connectivity index (χ1n) is 3.82. The highest BCUT2D eigenvalue weighted by Gasteiger charge is 2.18. The average Bonchev–Trinajstić information content (AvgIpc) is 2.54. The van der Waals surface area contributed by atoms with Gasteiger partial charge in [-0.2, -0.15) is 4.99 Å². The molecule has 1 radical (unpaired) electrons. The van der Waals surface area contributed by atoms with Crippen LogP contribution in [0.1, 0.15) is 0 Å². The zero-order chi connectivity index (χ0) is 8.39. The predicted octanol–water partition coefficient (Wildman–Crippen LogP) is -1.48. The van der Waals surface area contributed by atoms with Crippen LogP contribution in [0.5, 0.6) is 0 Å². The lowest BCUT2D eigenvalue weighted by molar-refractivity contribution is 0.0676. The number of aliphatic imine (C=N–C) groups is 1. The Morgan fingerprint density at radius 3 is 2.67 bits per heavy atom. The fraction of sp³-hybridized carbons (Fsp3) is 0.667. The lowest BCUT2D eigenvalue weighted by Gasteiger charge is -2.25. The molecular weight excluding hydrogens is 158 g/mol. The van der Waals surface area contributed by atoms with E-state index in [0.717, 1.165) is 13.1 Å². The second-order valence-corrected chi connectivity index (χ2v) is 2.57. The number of ether oxygens (including phenoxy) is 1. The lowest BCUT2D eigenvalue weighted by Crippen LogP contribution is -2.39. The van der Waals surface area contributed by atoms with E-state index in [0.29, 0.717) is 19.2 Å². The van der Waals surface area contributed by atoms with E-state index in [1.54, 1.807) is 0 Å². The molecule has 2 heterocycles. The minimum absolute atomic E-state index is 0.233. The Morgan fingerprint density at radius 1 is 1.33 bits per heavy atom. The summed E-state index contributed by atoms with van der Waals surface area (Å²) in [7, 11) is 0. The minimum atomic E-state index is 0.233. The number of rotatable bonds is 0. The predicted molar refractivity (Wildman–Crippen MR) is 43.6 cm³/mol. The van der Waals surface area contributed by atoms with Crippen LogP contribution in [0, 0.1) is 0 Å². The molecule has 65 valence electrons. The van der Waals surface area contributed by atoms with Gasteiger partial charge in [0.1, 0.15) is 0 Å². The van der Waals surface area contributed by atoms with Crippen molar-refractivity contribution >= 4 is 11.9 Å². The molecule has 0 amide bonds. The van der Waals surface area contributed by atoms with Crippen molar-refractivity contribution in [3.8, 4) is 0 Å². The van der Waals surface area contributed by atoms with Crippen LogP contribution in [0.2, 0.25) is 0 Å². The topological polar surface area (TPSA) is 77.3 Å².